The van der Waals surface area contributed by atoms with Crippen LogP contribution in [0.1, 0.15) is 36.1 Å². The molecular formula is C15H21N3O4S. The van der Waals surface area contributed by atoms with Gasteiger partial charge in [-0.3, -0.25) is 0 Å². The molecule has 2 N–H and O–H groups in total. The van der Waals surface area contributed by atoms with E-state index >= 15 is 0 Å². The summed E-state index contributed by atoms with van der Waals surface area (Å²) >= 11 is 1.21. The highest BCUT2D eigenvalue weighted by atomic mass is 32.1. The lowest BCUT2D eigenvalue weighted by atomic mass is 10.2. The van der Waals surface area contributed by atoms with Crippen LogP contribution in [0.4, 0.5) is 9.93 Å². The number of carbonyl (C=O) groups is 2. The number of carbonyl (C=O) groups excluding carboxylic acids is 1. The maximum atomic E-state index is 11.8. The Morgan fingerprint density at radius 1 is 1.35 bits per heavy atom. The van der Waals surface area contributed by atoms with Crippen molar-refractivity contribution in [3.05, 3.63) is 10.6 Å². The van der Waals surface area contributed by atoms with Crippen molar-refractivity contribution in [2.75, 3.05) is 18.0 Å². The van der Waals surface area contributed by atoms with Crippen molar-refractivity contribution in [2.45, 2.75) is 39.3 Å². The summed E-state index contributed by atoms with van der Waals surface area (Å²) in [5.41, 5.74) is 0.0627. The summed E-state index contributed by atoms with van der Waals surface area (Å²) in [6, 6.07) is 0.154. The molecule has 1 saturated heterocycles. The maximum Gasteiger partial charge on any atom is 0.407 e. The van der Waals surface area contributed by atoms with E-state index in [0.29, 0.717) is 22.4 Å². The standard InChI is InChI=1S/C15H21N3O4S/c1-7-11(12(19)20)23-13(16-7)18-5-8-9(6-18)10(8)17-14(21)22-15(2,3)4/h8-10H,5-6H2,1-4H3,(H,17,21)(H,19,20). The first-order valence-electron chi connectivity index (χ1n) is 7.61. The number of amides is 1. The second-order valence-corrected chi connectivity index (χ2v) is 8.10. The highest BCUT2D eigenvalue weighted by Crippen LogP contribution is 2.47. The van der Waals surface area contributed by atoms with Gasteiger partial charge in [-0.05, 0) is 27.7 Å². The van der Waals surface area contributed by atoms with Crippen LogP contribution in [0.25, 0.3) is 0 Å². The Morgan fingerprint density at radius 3 is 2.43 bits per heavy atom. The highest BCUT2D eigenvalue weighted by Gasteiger charge is 2.57. The number of aromatic carboxylic acids is 1. The van der Waals surface area contributed by atoms with Crippen LogP contribution in [0, 0.1) is 18.8 Å². The number of hydrogen-bond acceptors (Lipinski definition) is 6. The van der Waals surface area contributed by atoms with Gasteiger partial charge in [-0.1, -0.05) is 11.3 Å². The third-order valence-corrected chi connectivity index (χ3v) is 5.33. The number of alkyl carbamates (subject to hydrolysis) is 1. The summed E-state index contributed by atoms with van der Waals surface area (Å²) < 4.78 is 5.27. The monoisotopic (exact) mass is 339 g/mol. The van der Waals surface area contributed by atoms with E-state index in [1.807, 2.05) is 20.8 Å². The number of fused-ring (bicyclic) bond motifs is 1. The van der Waals surface area contributed by atoms with Crippen molar-refractivity contribution in [1.82, 2.24) is 10.3 Å². The Morgan fingerprint density at radius 2 is 1.96 bits per heavy atom. The van der Waals surface area contributed by atoms with Crippen molar-refractivity contribution < 1.29 is 19.4 Å². The lowest BCUT2D eigenvalue weighted by molar-refractivity contribution is 0.0517. The van der Waals surface area contributed by atoms with Gasteiger partial charge < -0.3 is 20.1 Å². The van der Waals surface area contributed by atoms with Crippen molar-refractivity contribution in [2.24, 2.45) is 11.8 Å². The summed E-state index contributed by atoms with van der Waals surface area (Å²) in [6.07, 6.45) is -0.373. The Hall–Kier alpha value is -1.83. The average Bonchev–Trinajstić information content (AvgIpc) is 2.78. The molecule has 2 unspecified atom stereocenters. The number of nitrogens with zero attached hydrogens (tertiary/aromatic N) is 2. The topological polar surface area (TPSA) is 91.8 Å². The van der Waals surface area contributed by atoms with E-state index in [0.717, 1.165) is 18.2 Å². The summed E-state index contributed by atoms with van der Waals surface area (Å²) in [6.45, 7) is 8.81. The van der Waals surface area contributed by atoms with Crippen molar-refractivity contribution >= 4 is 28.5 Å². The van der Waals surface area contributed by atoms with Crippen LogP contribution in [0.2, 0.25) is 0 Å². The number of aryl methyl sites for hydroxylation is 1. The number of hydrogen-bond donors (Lipinski definition) is 2. The van der Waals surface area contributed by atoms with Crippen molar-refractivity contribution in [3.63, 3.8) is 0 Å². The van der Waals surface area contributed by atoms with Crippen LogP contribution < -0.4 is 10.2 Å². The number of nitrogens with one attached hydrogen (secondary N) is 1. The first-order chi connectivity index (χ1) is 10.7. The first kappa shape index (κ1) is 16.0. The second-order valence-electron chi connectivity index (χ2n) is 7.12. The number of piperidine rings is 1. The molecule has 0 radical (unpaired) electrons. The fourth-order valence-electron chi connectivity index (χ4n) is 3.06. The van der Waals surface area contributed by atoms with Crippen molar-refractivity contribution in [3.8, 4) is 0 Å². The van der Waals surface area contributed by atoms with Gasteiger partial charge in [-0.25, -0.2) is 14.6 Å². The van der Waals surface area contributed by atoms with Crippen LogP contribution in [-0.2, 0) is 4.74 Å². The van der Waals surface area contributed by atoms with Crippen molar-refractivity contribution in [1.29, 1.82) is 0 Å². The highest BCUT2D eigenvalue weighted by molar-refractivity contribution is 7.17. The minimum absolute atomic E-state index is 0.154. The average molecular weight is 339 g/mol. The molecule has 8 heteroatoms. The lowest BCUT2D eigenvalue weighted by Gasteiger charge is -2.22. The molecule has 0 spiro atoms. The minimum Gasteiger partial charge on any atom is -0.477 e. The van der Waals surface area contributed by atoms with Gasteiger partial charge in [0.05, 0.1) is 5.69 Å². The van der Waals surface area contributed by atoms with E-state index < -0.39 is 11.6 Å². The zero-order valence-electron chi connectivity index (χ0n) is 13.6. The van der Waals surface area contributed by atoms with Gasteiger partial charge in [0.2, 0.25) is 0 Å². The molecule has 7 nitrogen and oxygen atoms in total. The van der Waals surface area contributed by atoms with Gasteiger partial charge >= 0.3 is 12.1 Å². The Labute approximate surface area is 138 Å². The molecule has 23 heavy (non-hydrogen) atoms. The zero-order valence-corrected chi connectivity index (χ0v) is 14.4. The van der Waals surface area contributed by atoms with Crippen LogP contribution in [-0.4, -0.2) is 46.9 Å². The predicted molar refractivity (Wildman–Crippen MR) is 86.2 cm³/mol. The Balaban J connectivity index is 1.54. The molecule has 1 aromatic rings. The predicted octanol–water partition coefficient (Wildman–Crippen LogP) is 2.11. The van der Waals surface area contributed by atoms with E-state index in [2.05, 4.69) is 15.2 Å². The number of anilines is 1. The number of carboxylic acids is 1. The van der Waals surface area contributed by atoms with E-state index in [1.165, 1.54) is 11.3 Å². The fraction of sp³-hybridized carbons (Fsp3) is 0.667. The van der Waals surface area contributed by atoms with Crippen LogP contribution in [0.5, 0.6) is 0 Å². The van der Waals surface area contributed by atoms with Crippen LogP contribution >= 0.6 is 11.3 Å². The first-order valence-corrected chi connectivity index (χ1v) is 8.42. The molecule has 1 saturated carbocycles. The van der Waals surface area contributed by atoms with E-state index in [-0.39, 0.29) is 12.1 Å². The third-order valence-electron chi connectivity index (χ3n) is 4.13. The fourth-order valence-corrected chi connectivity index (χ4v) is 3.98. The van der Waals surface area contributed by atoms with Gasteiger partial charge in [-0.2, -0.15) is 0 Å². The molecule has 2 heterocycles. The molecule has 0 bridgehead atoms. The van der Waals surface area contributed by atoms with Gasteiger partial charge in [0.25, 0.3) is 0 Å². The molecule has 1 aromatic heterocycles. The molecule has 2 fully saturated rings. The molecule has 1 aliphatic carbocycles. The molecule has 1 aliphatic heterocycles. The molecule has 0 aromatic carbocycles. The summed E-state index contributed by atoms with van der Waals surface area (Å²) in [7, 11) is 0. The number of rotatable bonds is 3. The molecular weight excluding hydrogens is 318 g/mol. The summed E-state index contributed by atoms with van der Waals surface area (Å²) in [5, 5.41) is 12.8. The zero-order chi connectivity index (χ0) is 16.9. The van der Waals surface area contributed by atoms with Gasteiger partial charge in [-0.15, -0.1) is 0 Å². The molecule has 1 amide bonds. The molecule has 126 valence electrons. The van der Waals surface area contributed by atoms with Gasteiger partial charge in [0.15, 0.2) is 5.13 Å². The van der Waals surface area contributed by atoms with Crippen LogP contribution in [0.15, 0.2) is 0 Å². The third kappa shape index (κ3) is 3.26. The summed E-state index contributed by atoms with van der Waals surface area (Å²) in [5.74, 6) is -0.153. The second kappa shape index (κ2) is 5.36. The summed E-state index contributed by atoms with van der Waals surface area (Å²) in [4.78, 5) is 29.6. The quantitative estimate of drug-likeness (QED) is 0.876. The number of thiazole rings is 1. The van der Waals surface area contributed by atoms with Crippen LogP contribution in [0.3, 0.4) is 0 Å². The smallest absolute Gasteiger partial charge is 0.407 e. The lowest BCUT2D eigenvalue weighted by Crippen LogP contribution is -2.38. The molecule has 2 atom stereocenters. The normalized spacial score (nSPS) is 25.9. The molecule has 2 aliphatic rings. The van der Waals surface area contributed by atoms with E-state index in [4.69, 9.17) is 9.84 Å². The van der Waals surface area contributed by atoms with E-state index in [9.17, 15) is 9.59 Å². The maximum absolute atomic E-state index is 11.8. The number of carboxylic acid groups (broad SMARTS) is 1. The van der Waals surface area contributed by atoms with Gasteiger partial charge in [0, 0.05) is 31.0 Å². The SMILES string of the molecule is Cc1nc(N2CC3C(C2)C3NC(=O)OC(C)(C)C)sc1C(=O)O. The minimum atomic E-state index is -0.930. The molecule has 3 rings (SSSR count). The largest absolute Gasteiger partial charge is 0.477 e. The van der Waals surface area contributed by atoms with Gasteiger partial charge in [0.1, 0.15) is 10.5 Å². The Kier molecular flexibility index (Phi) is 3.74. The number of aromatic nitrogens is 1. The Bertz CT molecular complexity index is 640. The number of ether oxygens (including phenoxy) is 1. The van der Waals surface area contributed by atoms with E-state index in [1.54, 1.807) is 6.92 Å².